The van der Waals surface area contributed by atoms with Crippen molar-refractivity contribution in [3.05, 3.63) is 0 Å². The highest BCUT2D eigenvalue weighted by molar-refractivity contribution is 5.81. The van der Waals surface area contributed by atoms with Gasteiger partial charge in [-0.3, -0.25) is 9.59 Å². The molecule has 1 saturated heterocycles. The molecule has 1 heterocycles. The lowest BCUT2D eigenvalue weighted by atomic mass is 10.0. The number of hydrogen-bond acceptors (Lipinski definition) is 3. The Kier molecular flexibility index (Phi) is 5.10. The molecule has 5 nitrogen and oxygen atoms in total. The van der Waals surface area contributed by atoms with Crippen LogP contribution in [0, 0.1) is 0 Å². The Labute approximate surface area is 89.8 Å². The van der Waals surface area contributed by atoms with Crippen molar-refractivity contribution < 1.29 is 9.59 Å². The summed E-state index contributed by atoms with van der Waals surface area (Å²) in [6.45, 7) is 1.44. The van der Waals surface area contributed by atoms with Crippen LogP contribution in [0.3, 0.4) is 0 Å². The van der Waals surface area contributed by atoms with Gasteiger partial charge in [-0.05, 0) is 25.8 Å². The molecule has 1 rings (SSSR count). The van der Waals surface area contributed by atoms with Gasteiger partial charge in [0.1, 0.15) is 0 Å². The minimum atomic E-state index is -0.319. The van der Waals surface area contributed by atoms with Crippen LogP contribution in [-0.4, -0.2) is 30.9 Å². The molecule has 0 aromatic rings. The summed E-state index contributed by atoms with van der Waals surface area (Å²) in [5.41, 5.74) is 4.99. The van der Waals surface area contributed by atoms with Crippen molar-refractivity contribution in [2.75, 3.05) is 13.1 Å². The summed E-state index contributed by atoms with van der Waals surface area (Å²) < 4.78 is 0. The van der Waals surface area contributed by atoms with Gasteiger partial charge in [0, 0.05) is 13.0 Å². The minimum Gasteiger partial charge on any atom is -0.370 e. The van der Waals surface area contributed by atoms with Gasteiger partial charge in [-0.1, -0.05) is 6.42 Å². The highest BCUT2D eigenvalue weighted by atomic mass is 16.2. The Morgan fingerprint density at radius 2 is 2.20 bits per heavy atom. The molecule has 1 fully saturated rings. The molecule has 0 saturated carbocycles. The van der Waals surface area contributed by atoms with Gasteiger partial charge in [-0.15, -0.1) is 0 Å². The smallest absolute Gasteiger partial charge is 0.237 e. The number of carbonyl (C=O) groups is 2. The number of nitrogens with two attached hydrogens (primary N) is 1. The van der Waals surface area contributed by atoms with E-state index in [0.717, 1.165) is 25.8 Å². The van der Waals surface area contributed by atoms with Gasteiger partial charge >= 0.3 is 0 Å². The zero-order valence-electron chi connectivity index (χ0n) is 8.92. The van der Waals surface area contributed by atoms with E-state index in [4.69, 9.17) is 5.73 Å². The van der Waals surface area contributed by atoms with Crippen molar-refractivity contribution in [2.24, 2.45) is 5.73 Å². The monoisotopic (exact) mass is 213 g/mol. The van der Waals surface area contributed by atoms with Crippen molar-refractivity contribution in [3.8, 4) is 0 Å². The SMILES string of the molecule is NC(=O)CCCNC(=O)[C@@H]1CCCCN1. The van der Waals surface area contributed by atoms with Crippen LogP contribution in [0.5, 0.6) is 0 Å². The highest BCUT2D eigenvalue weighted by Gasteiger charge is 2.19. The number of carbonyl (C=O) groups excluding carboxylic acids is 2. The van der Waals surface area contributed by atoms with E-state index in [0.29, 0.717) is 19.4 Å². The van der Waals surface area contributed by atoms with E-state index in [9.17, 15) is 9.59 Å². The number of rotatable bonds is 5. The summed E-state index contributed by atoms with van der Waals surface area (Å²) in [7, 11) is 0. The third-order valence-electron chi connectivity index (χ3n) is 2.53. The van der Waals surface area contributed by atoms with Crippen LogP contribution < -0.4 is 16.4 Å². The topological polar surface area (TPSA) is 84.2 Å². The first-order chi connectivity index (χ1) is 7.20. The first kappa shape index (κ1) is 12.0. The summed E-state index contributed by atoms with van der Waals surface area (Å²) in [5, 5.41) is 5.96. The lowest BCUT2D eigenvalue weighted by Crippen LogP contribution is -2.46. The normalized spacial score (nSPS) is 20.9. The van der Waals surface area contributed by atoms with E-state index in [1.54, 1.807) is 0 Å². The average Bonchev–Trinajstić information content (AvgIpc) is 2.25. The van der Waals surface area contributed by atoms with Crippen LogP contribution in [0.4, 0.5) is 0 Å². The molecule has 0 aliphatic carbocycles. The molecule has 4 N–H and O–H groups in total. The van der Waals surface area contributed by atoms with E-state index in [-0.39, 0.29) is 17.9 Å². The standard InChI is InChI=1S/C10H19N3O2/c11-9(14)5-3-7-13-10(15)8-4-1-2-6-12-8/h8,12H,1-7H2,(H2,11,14)(H,13,15)/t8-/m0/s1. The summed E-state index contributed by atoms with van der Waals surface area (Å²) in [6.07, 6.45) is 4.10. The zero-order valence-corrected chi connectivity index (χ0v) is 8.92. The predicted molar refractivity (Wildman–Crippen MR) is 57.1 cm³/mol. The Bertz CT molecular complexity index is 225. The van der Waals surface area contributed by atoms with Gasteiger partial charge < -0.3 is 16.4 Å². The molecule has 0 spiro atoms. The maximum atomic E-state index is 11.6. The molecule has 1 aliphatic rings. The first-order valence-corrected chi connectivity index (χ1v) is 5.49. The number of nitrogens with one attached hydrogen (secondary N) is 2. The molecule has 0 radical (unpaired) electrons. The maximum absolute atomic E-state index is 11.6. The van der Waals surface area contributed by atoms with Crippen LogP contribution >= 0.6 is 0 Å². The fourth-order valence-corrected chi connectivity index (χ4v) is 1.67. The molecule has 0 bridgehead atoms. The van der Waals surface area contributed by atoms with Crippen molar-refractivity contribution in [1.29, 1.82) is 0 Å². The molecule has 0 aromatic heterocycles. The third-order valence-corrected chi connectivity index (χ3v) is 2.53. The number of hydrogen-bond donors (Lipinski definition) is 3. The molecule has 0 aromatic carbocycles. The van der Waals surface area contributed by atoms with E-state index in [1.807, 2.05) is 0 Å². The van der Waals surface area contributed by atoms with Gasteiger partial charge in [0.15, 0.2) is 0 Å². The number of piperidine rings is 1. The van der Waals surface area contributed by atoms with Gasteiger partial charge in [0.05, 0.1) is 6.04 Å². The quantitative estimate of drug-likeness (QED) is 0.539. The van der Waals surface area contributed by atoms with Crippen LogP contribution in [0.2, 0.25) is 0 Å². The van der Waals surface area contributed by atoms with E-state index in [1.165, 1.54) is 0 Å². The third kappa shape index (κ3) is 4.78. The summed E-state index contributed by atoms with van der Waals surface area (Å²) >= 11 is 0. The van der Waals surface area contributed by atoms with Crippen LogP contribution in [-0.2, 0) is 9.59 Å². The van der Waals surface area contributed by atoms with Crippen molar-refractivity contribution in [2.45, 2.75) is 38.1 Å². The van der Waals surface area contributed by atoms with Gasteiger partial charge in [0.2, 0.25) is 11.8 Å². The van der Waals surface area contributed by atoms with Crippen LogP contribution in [0.1, 0.15) is 32.1 Å². The van der Waals surface area contributed by atoms with Gasteiger partial charge in [-0.2, -0.15) is 0 Å². The summed E-state index contributed by atoms with van der Waals surface area (Å²) in [4.78, 5) is 22.0. The molecule has 0 unspecified atom stereocenters. The molecule has 1 atom stereocenters. The van der Waals surface area contributed by atoms with Crippen molar-refractivity contribution >= 4 is 11.8 Å². The second-order valence-electron chi connectivity index (χ2n) is 3.86. The number of amides is 2. The lowest BCUT2D eigenvalue weighted by Gasteiger charge is -2.22. The van der Waals surface area contributed by atoms with Gasteiger partial charge in [0.25, 0.3) is 0 Å². The fraction of sp³-hybridized carbons (Fsp3) is 0.800. The second kappa shape index (κ2) is 6.40. The molecule has 2 amide bonds. The maximum Gasteiger partial charge on any atom is 0.237 e. The molecule has 5 heteroatoms. The van der Waals surface area contributed by atoms with E-state index >= 15 is 0 Å². The molecule has 15 heavy (non-hydrogen) atoms. The van der Waals surface area contributed by atoms with Crippen molar-refractivity contribution in [1.82, 2.24) is 10.6 Å². The molecule has 86 valence electrons. The van der Waals surface area contributed by atoms with Crippen LogP contribution in [0.25, 0.3) is 0 Å². The average molecular weight is 213 g/mol. The minimum absolute atomic E-state index is 0.0409. The predicted octanol–water partition coefficient (Wildman–Crippen LogP) is -0.490. The number of primary amides is 1. The Morgan fingerprint density at radius 3 is 2.80 bits per heavy atom. The Morgan fingerprint density at radius 1 is 1.40 bits per heavy atom. The fourth-order valence-electron chi connectivity index (χ4n) is 1.67. The van der Waals surface area contributed by atoms with Gasteiger partial charge in [-0.25, -0.2) is 0 Å². The van der Waals surface area contributed by atoms with Crippen LogP contribution in [0.15, 0.2) is 0 Å². The van der Waals surface area contributed by atoms with E-state index in [2.05, 4.69) is 10.6 Å². The molecular formula is C10H19N3O2. The summed E-state index contributed by atoms with van der Waals surface area (Å²) in [5.74, 6) is -0.279. The van der Waals surface area contributed by atoms with E-state index < -0.39 is 0 Å². The Balaban J connectivity index is 2.09. The summed E-state index contributed by atoms with van der Waals surface area (Å²) in [6, 6.07) is -0.0488. The Hall–Kier alpha value is -1.10. The second-order valence-corrected chi connectivity index (χ2v) is 3.86. The molecule has 1 aliphatic heterocycles. The first-order valence-electron chi connectivity index (χ1n) is 5.49. The zero-order chi connectivity index (χ0) is 11.1. The van der Waals surface area contributed by atoms with Crippen molar-refractivity contribution in [3.63, 3.8) is 0 Å². The molecular weight excluding hydrogens is 194 g/mol. The lowest BCUT2D eigenvalue weighted by molar-refractivity contribution is -0.124. The highest BCUT2D eigenvalue weighted by Crippen LogP contribution is 2.06. The largest absolute Gasteiger partial charge is 0.370 e.